The highest BCUT2D eigenvalue weighted by atomic mass is 19.1. The van der Waals surface area contributed by atoms with E-state index in [0.717, 1.165) is 18.5 Å². The largest absolute Gasteiger partial charge is 0.494 e. The molecule has 0 unspecified atom stereocenters. The van der Waals surface area contributed by atoms with Crippen molar-refractivity contribution in [2.45, 2.75) is 32.7 Å². The van der Waals surface area contributed by atoms with Crippen LogP contribution in [-0.2, 0) is 13.0 Å². The van der Waals surface area contributed by atoms with Crippen LogP contribution in [0, 0.1) is 12.7 Å². The second-order valence-corrected chi connectivity index (χ2v) is 6.39. The Kier molecular flexibility index (Phi) is 4.61. The fraction of sp³-hybridized carbons (Fsp3) is 0.368. The highest BCUT2D eigenvalue weighted by Gasteiger charge is 2.27. The zero-order valence-corrected chi connectivity index (χ0v) is 14.6. The number of Topliss-reactive ketones (excluding diaryl/α,β-unsaturated/α-hetero) is 1. The number of ether oxygens (including phenoxy) is 1. The average Bonchev–Trinajstić information content (AvgIpc) is 2.92. The smallest absolute Gasteiger partial charge is 0.270 e. The van der Waals surface area contributed by atoms with Crippen molar-refractivity contribution in [3.63, 3.8) is 0 Å². The van der Waals surface area contributed by atoms with E-state index in [9.17, 15) is 14.0 Å². The van der Waals surface area contributed by atoms with E-state index in [4.69, 9.17) is 4.74 Å². The molecule has 0 saturated heterocycles. The number of H-pyrrole nitrogens is 1. The fourth-order valence-electron chi connectivity index (χ4n) is 3.33. The molecule has 1 N–H and O–H groups in total. The number of nitrogens with one attached hydrogen (secondary N) is 1. The van der Waals surface area contributed by atoms with Crippen molar-refractivity contribution in [3.8, 4) is 5.75 Å². The SMILES string of the molecule is COc1ccc(CN(C)C(=O)c2[nH]c3c(c2C)C(=O)CCC3)cc1F. The summed E-state index contributed by atoms with van der Waals surface area (Å²) in [5.41, 5.74) is 3.33. The lowest BCUT2D eigenvalue weighted by Crippen LogP contribution is -2.27. The Bertz CT molecular complexity index is 841. The summed E-state index contributed by atoms with van der Waals surface area (Å²) in [6.07, 6.45) is 2.11. The summed E-state index contributed by atoms with van der Waals surface area (Å²) in [6, 6.07) is 4.63. The first-order valence-corrected chi connectivity index (χ1v) is 8.25. The minimum Gasteiger partial charge on any atom is -0.494 e. The number of aryl methyl sites for hydroxylation is 1. The molecule has 1 aliphatic carbocycles. The monoisotopic (exact) mass is 344 g/mol. The van der Waals surface area contributed by atoms with Gasteiger partial charge in [-0.2, -0.15) is 0 Å². The quantitative estimate of drug-likeness (QED) is 0.926. The number of nitrogens with zero attached hydrogens (tertiary/aromatic N) is 1. The number of rotatable bonds is 4. The molecule has 6 heteroatoms. The van der Waals surface area contributed by atoms with E-state index in [-0.39, 0.29) is 24.0 Å². The molecule has 1 heterocycles. The van der Waals surface area contributed by atoms with Gasteiger partial charge in [-0.25, -0.2) is 4.39 Å². The van der Waals surface area contributed by atoms with Gasteiger partial charge in [0, 0.05) is 31.3 Å². The van der Waals surface area contributed by atoms with E-state index in [1.54, 1.807) is 26.1 Å². The molecule has 25 heavy (non-hydrogen) atoms. The second kappa shape index (κ2) is 6.70. The first-order valence-electron chi connectivity index (χ1n) is 8.25. The molecule has 1 aromatic carbocycles. The number of ketones is 1. The Morgan fingerprint density at radius 1 is 1.36 bits per heavy atom. The minimum atomic E-state index is -0.460. The molecular formula is C19H21FN2O3. The van der Waals surface area contributed by atoms with Crippen molar-refractivity contribution in [1.29, 1.82) is 0 Å². The van der Waals surface area contributed by atoms with E-state index in [0.29, 0.717) is 28.8 Å². The third-order valence-electron chi connectivity index (χ3n) is 4.63. The molecule has 0 atom stereocenters. The maximum Gasteiger partial charge on any atom is 0.270 e. The summed E-state index contributed by atoms with van der Waals surface area (Å²) >= 11 is 0. The van der Waals surface area contributed by atoms with E-state index in [2.05, 4.69) is 4.98 Å². The van der Waals surface area contributed by atoms with Gasteiger partial charge in [0.15, 0.2) is 17.3 Å². The number of aromatic nitrogens is 1. The van der Waals surface area contributed by atoms with Gasteiger partial charge in [-0.3, -0.25) is 9.59 Å². The van der Waals surface area contributed by atoms with Crippen molar-refractivity contribution >= 4 is 11.7 Å². The zero-order chi connectivity index (χ0) is 18.1. The number of methoxy groups -OCH3 is 1. The molecular weight excluding hydrogens is 323 g/mol. The molecule has 0 fully saturated rings. The maximum atomic E-state index is 13.8. The van der Waals surface area contributed by atoms with Crippen LogP contribution < -0.4 is 4.74 Å². The maximum absolute atomic E-state index is 13.8. The van der Waals surface area contributed by atoms with E-state index < -0.39 is 5.82 Å². The van der Waals surface area contributed by atoms with Crippen LogP contribution in [0.4, 0.5) is 4.39 Å². The number of carbonyl (C=O) groups excluding carboxylic acids is 2. The summed E-state index contributed by atoms with van der Waals surface area (Å²) in [5, 5.41) is 0. The number of amides is 1. The van der Waals surface area contributed by atoms with Gasteiger partial charge < -0.3 is 14.6 Å². The predicted molar refractivity (Wildman–Crippen MR) is 91.5 cm³/mol. The molecule has 2 aromatic rings. The number of hydrogen-bond donors (Lipinski definition) is 1. The summed E-state index contributed by atoms with van der Waals surface area (Å²) in [7, 11) is 3.07. The molecule has 0 saturated carbocycles. The Morgan fingerprint density at radius 2 is 2.12 bits per heavy atom. The van der Waals surface area contributed by atoms with Crippen molar-refractivity contribution in [2.75, 3.05) is 14.2 Å². The first kappa shape index (κ1) is 17.2. The van der Waals surface area contributed by atoms with Crippen molar-refractivity contribution in [2.24, 2.45) is 0 Å². The van der Waals surface area contributed by atoms with Crippen LogP contribution in [-0.4, -0.2) is 35.7 Å². The number of benzene rings is 1. The van der Waals surface area contributed by atoms with Crippen LogP contribution in [0.2, 0.25) is 0 Å². The third-order valence-corrected chi connectivity index (χ3v) is 4.63. The van der Waals surface area contributed by atoms with Crippen LogP contribution in [0.5, 0.6) is 5.75 Å². The number of hydrogen-bond acceptors (Lipinski definition) is 3. The molecule has 3 rings (SSSR count). The van der Waals surface area contributed by atoms with Crippen molar-refractivity contribution in [1.82, 2.24) is 9.88 Å². The second-order valence-electron chi connectivity index (χ2n) is 6.39. The van der Waals surface area contributed by atoms with Gasteiger partial charge >= 0.3 is 0 Å². The fourth-order valence-corrected chi connectivity index (χ4v) is 3.33. The summed E-state index contributed by atoms with van der Waals surface area (Å²) in [6.45, 7) is 2.06. The van der Waals surface area contributed by atoms with E-state index >= 15 is 0 Å². The summed E-state index contributed by atoms with van der Waals surface area (Å²) < 4.78 is 18.7. The van der Waals surface area contributed by atoms with Gasteiger partial charge in [-0.15, -0.1) is 0 Å². The Labute approximate surface area is 145 Å². The lowest BCUT2D eigenvalue weighted by Gasteiger charge is -2.17. The highest BCUT2D eigenvalue weighted by molar-refractivity contribution is 6.04. The Balaban J connectivity index is 1.81. The number of halogens is 1. The summed E-state index contributed by atoms with van der Waals surface area (Å²) in [5.74, 6) is -0.410. The molecule has 1 amide bonds. The third kappa shape index (κ3) is 3.16. The highest BCUT2D eigenvalue weighted by Crippen LogP contribution is 2.27. The predicted octanol–water partition coefficient (Wildman–Crippen LogP) is 3.26. The van der Waals surface area contributed by atoms with Gasteiger partial charge in [-0.05, 0) is 43.0 Å². The van der Waals surface area contributed by atoms with Crippen LogP contribution in [0.25, 0.3) is 0 Å². The molecule has 1 aliphatic rings. The van der Waals surface area contributed by atoms with Crippen molar-refractivity contribution < 1.29 is 18.7 Å². The van der Waals surface area contributed by atoms with E-state index in [1.807, 2.05) is 0 Å². The van der Waals surface area contributed by atoms with Gasteiger partial charge in [0.2, 0.25) is 0 Å². The molecule has 132 valence electrons. The Morgan fingerprint density at radius 3 is 2.76 bits per heavy atom. The standard InChI is InChI=1S/C19H21FN2O3/c1-11-17-14(5-4-6-15(17)23)21-18(11)19(24)22(2)10-12-7-8-16(25-3)13(20)9-12/h7-9,21H,4-6,10H2,1-3H3. The lowest BCUT2D eigenvalue weighted by atomic mass is 9.94. The normalized spacial score (nSPS) is 13.5. The van der Waals surface area contributed by atoms with Crippen LogP contribution in [0.15, 0.2) is 18.2 Å². The molecule has 0 spiro atoms. The topological polar surface area (TPSA) is 62.4 Å². The van der Waals surface area contributed by atoms with Crippen LogP contribution >= 0.6 is 0 Å². The van der Waals surface area contributed by atoms with E-state index in [1.165, 1.54) is 18.1 Å². The van der Waals surface area contributed by atoms with Crippen molar-refractivity contribution in [3.05, 3.63) is 52.1 Å². The Hall–Kier alpha value is -2.63. The summed E-state index contributed by atoms with van der Waals surface area (Å²) in [4.78, 5) is 29.5. The van der Waals surface area contributed by atoms with Gasteiger partial charge in [-0.1, -0.05) is 6.07 Å². The van der Waals surface area contributed by atoms with Crippen LogP contribution in [0.1, 0.15) is 50.5 Å². The molecule has 1 aromatic heterocycles. The average molecular weight is 344 g/mol. The molecule has 0 radical (unpaired) electrons. The number of fused-ring (bicyclic) bond motifs is 1. The molecule has 0 aliphatic heterocycles. The van der Waals surface area contributed by atoms with Gasteiger partial charge in [0.25, 0.3) is 5.91 Å². The van der Waals surface area contributed by atoms with Crippen LogP contribution in [0.3, 0.4) is 0 Å². The lowest BCUT2D eigenvalue weighted by molar-refractivity contribution is 0.0779. The van der Waals surface area contributed by atoms with Gasteiger partial charge in [0.05, 0.1) is 7.11 Å². The molecule has 5 nitrogen and oxygen atoms in total. The van der Waals surface area contributed by atoms with Gasteiger partial charge in [0.1, 0.15) is 5.69 Å². The first-order chi connectivity index (χ1) is 11.9. The zero-order valence-electron chi connectivity index (χ0n) is 14.6. The number of aromatic amines is 1. The minimum absolute atomic E-state index is 0.0916. The number of carbonyl (C=O) groups is 2. The molecule has 0 bridgehead atoms.